The minimum absolute atomic E-state index is 0.127. The molecule has 24 heavy (non-hydrogen) atoms. The summed E-state index contributed by atoms with van der Waals surface area (Å²) < 4.78 is 13.6. The lowest BCUT2D eigenvalue weighted by Crippen LogP contribution is -2.43. The highest BCUT2D eigenvalue weighted by atomic mass is 19.1. The Morgan fingerprint density at radius 1 is 0.875 bits per heavy atom. The molecule has 0 spiro atoms. The zero-order chi connectivity index (χ0) is 16.5. The summed E-state index contributed by atoms with van der Waals surface area (Å²) in [6.45, 7) is 0. The molecule has 1 heterocycles. The fraction of sp³-hybridized carbons (Fsp3) is 0.0500. The van der Waals surface area contributed by atoms with Gasteiger partial charge in [-0.1, -0.05) is 48.5 Å². The number of hydrogen-bond donors (Lipinski definition) is 1. The summed E-state index contributed by atoms with van der Waals surface area (Å²) in [4.78, 5) is 13.1. The van der Waals surface area contributed by atoms with Crippen LogP contribution in [-0.4, -0.2) is 5.78 Å². The first-order chi connectivity index (χ1) is 11.7. The van der Waals surface area contributed by atoms with Crippen LogP contribution in [0.15, 0.2) is 78.9 Å². The first-order valence-corrected chi connectivity index (χ1v) is 7.74. The first kappa shape index (κ1) is 14.5. The van der Waals surface area contributed by atoms with E-state index in [4.69, 9.17) is 0 Å². The Balaban J connectivity index is 1.88. The van der Waals surface area contributed by atoms with Crippen LogP contribution in [0, 0.1) is 5.82 Å². The summed E-state index contributed by atoms with van der Waals surface area (Å²) in [7, 11) is 0. The van der Waals surface area contributed by atoms with Gasteiger partial charge in [-0.15, -0.1) is 0 Å². The number of benzene rings is 3. The van der Waals surface area contributed by atoms with Crippen molar-refractivity contribution in [1.82, 2.24) is 0 Å². The van der Waals surface area contributed by atoms with Crippen LogP contribution in [0.2, 0.25) is 0 Å². The minimum atomic E-state index is -0.553. The third-order valence-electron chi connectivity index (χ3n) is 4.14. The van der Waals surface area contributed by atoms with Crippen LogP contribution in [0.5, 0.6) is 0 Å². The van der Waals surface area contributed by atoms with E-state index in [-0.39, 0.29) is 5.78 Å². The maximum absolute atomic E-state index is 13.6. The van der Waals surface area contributed by atoms with Gasteiger partial charge >= 0.3 is 0 Å². The summed E-state index contributed by atoms with van der Waals surface area (Å²) in [6.07, 6.45) is 0. The molecule has 1 unspecified atom stereocenters. The Morgan fingerprint density at radius 3 is 2.25 bits per heavy atom. The quantitative estimate of drug-likeness (QED) is 0.749. The van der Waals surface area contributed by atoms with Gasteiger partial charge in [-0.25, -0.2) is 4.39 Å². The average molecular weight is 318 g/mol. The number of rotatable bonds is 2. The second-order valence-corrected chi connectivity index (χ2v) is 5.68. The summed E-state index contributed by atoms with van der Waals surface area (Å²) in [5.74, 6) is -0.540. The van der Waals surface area contributed by atoms with Crippen molar-refractivity contribution in [3.8, 4) is 0 Å². The van der Waals surface area contributed by atoms with Crippen LogP contribution in [-0.2, 0) is 0 Å². The first-order valence-electron chi connectivity index (χ1n) is 7.74. The number of halogens is 1. The average Bonchev–Trinajstić information content (AvgIpc) is 2.63. The molecule has 0 saturated carbocycles. The highest BCUT2D eigenvalue weighted by Crippen LogP contribution is 2.37. The van der Waals surface area contributed by atoms with E-state index in [1.165, 1.54) is 12.1 Å². The molecule has 0 amide bonds. The number of ketones is 1. The monoisotopic (exact) mass is 318 g/mol. The molecule has 3 nitrogen and oxygen atoms in total. The second kappa shape index (κ2) is 5.81. The molecule has 0 bridgehead atoms. The number of nitrogens with one attached hydrogen (secondary N) is 1. The molecule has 0 fully saturated rings. The van der Waals surface area contributed by atoms with Crippen molar-refractivity contribution in [3.63, 3.8) is 0 Å². The maximum atomic E-state index is 13.6. The highest BCUT2D eigenvalue weighted by molar-refractivity contribution is 6.09. The van der Waals surface area contributed by atoms with Crippen molar-refractivity contribution in [1.29, 1.82) is 0 Å². The van der Waals surface area contributed by atoms with E-state index in [0.717, 1.165) is 11.3 Å². The Morgan fingerprint density at radius 2 is 1.54 bits per heavy atom. The second-order valence-electron chi connectivity index (χ2n) is 5.68. The summed E-state index contributed by atoms with van der Waals surface area (Å²) >= 11 is 0. The molecule has 0 radical (unpaired) electrons. The van der Waals surface area contributed by atoms with Gasteiger partial charge in [0.25, 0.3) is 0 Å². The Kier molecular flexibility index (Phi) is 3.50. The van der Waals surface area contributed by atoms with Gasteiger partial charge < -0.3 is 0 Å². The smallest absolute Gasteiger partial charge is 0.194 e. The Bertz CT molecular complexity index is 881. The highest BCUT2D eigenvalue weighted by Gasteiger charge is 2.35. The van der Waals surface area contributed by atoms with Crippen molar-refractivity contribution in [2.45, 2.75) is 6.04 Å². The molecular weight excluding hydrogens is 303 g/mol. The Hall–Kier alpha value is -3.14. The van der Waals surface area contributed by atoms with Crippen LogP contribution < -0.4 is 10.4 Å². The van der Waals surface area contributed by atoms with Crippen LogP contribution in [0.4, 0.5) is 15.8 Å². The SMILES string of the molecule is O=C1c2cc(F)ccc2NN(c2ccccc2)C1c1ccccc1. The van der Waals surface area contributed by atoms with Crippen molar-refractivity contribution in [2.75, 3.05) is 10.4 Å². The van der Waals surface area contributed by atoms with E-state index in [1.54, 1.807) is 6.07 Å². The largest absolute Gasteiger partial charge is 0.297 e. The van der Waals surface area contributed by atoms with Gasteiger partial charge in [0.1, 0.15) is 11.9 Å². The predicted octanol–water partition coefficient (Wildman–Crippen LogP) is 4.60. The van der Waals surface area contributed by atoms with Crippen LogP contribution >= 0.6 is 0 Å². The minimum Gasteiger partial charge on any atom is -0.297 e. The van der Waals surface area contributed by atoms with Crippen molar-refractivity contribution < 1.29 is 9.18 Å². The van der Waals surface area contributed by atoms with E-state index in [9.17, 15) is 9.18 Å². The fourth-order valence-corrected chi connectivity index (χ4v) is 3.01. The lowest BCUT2D eigenvalue weighted by Gasteiger charge is -2.38. The molecule has 3 aromatic carbocycles. The number of para-hydroxylation sites is 1. The number of carbonyl (C=O) groups excluding carboxylic acids is 1. The molecule has 1 N–H and O–H groups in total. The van der Waals surface area contributed by atoms with E-state index in [2.05, 4.69) is 5.43 Å². The lowest BCUT2D eigenvalue weighted by molar-refractivity contribution is 0.0954. The number of nitrogens with zero attached hydrogens (tertiary/aromatic N) is 1. The molecule has 0 aromatic heterocycles. The zero-order valence-corrected chi connectivity index (χ0v) is 12.8. The molecule has 4 rings (SSSR count). The number of hydrazine groups is 1. The van der Waals surface area contributed by atoms with Crippen LogP contribution in [0.3, 0.4) is 0 Å². The molecule has 4 heteroatoms. The van der Waals surface area contributed by atoms with Crippen molar-refractivity contribution in [3.05, 3.63) is 95.8 Å². The molecule has 118 valence electrons. The van der Waals surface area contributed by atoms with Crippen molar-refractivity contribution in [2.24, 2.45) is 0 Å². The number of anilines is 2. The lowest BCUT2D eigenvalue weighted by atomic mass is 9.93. The normalized spacial score (nSPS) is 16.5. The fourth-order valence-electron chi connectivity index (χ4n) is 3.01. The maximum Gasteiger partial charge on any atom is 0.194 e. The van der Waals surface area contributed by atoms with E-state index in [0.29, 0.717) is 11.3 Å². The molecule has 1 aliphatic heterocycles. The topological polar surface area (TPSA) is 32.3 Å². The van der Waals surface area contributed by atoms with Gasteiger partial charge in [0.05, 0.1) is 11.4 Å². The van der Waals surface area contributed by atoms with Crippen LogP contribution in [0.1, 0.15) is 22.0 Å². The van der Waals surface area contributed by atoms with E-state index >= 15 is 0 Å². The van der Waals surface area contributed by atoms with Crippen LogP contribution in [0.25, 0.3) is 0 Å². The van der Waals surface area contributed by atoms with Gasteiger partial charge in [-0.3, -0.25) is 15.2 Å². The number of carbonyl (C=O) groups is 1. The summed E-state index contributed by atoms with van der Waals surface area (Å²) in [5, 5.41) is 1.83. The number of hydrogen-bond acceptors (Lipinski definition) is 3. The molecule has 1 atom stereocenters. The van der Waals surface area contributed by atoms with Gasteiger partial charge in [0, 0.05) is 5.56 Å². The van der Waals surface area contributed by atoms with Gasteiger partial charge in [-0.2, -0.15) is 0 Å². The standard InChI is InChI=1S/C20H15FN2O/c21-15-11-12-18-17(13-15)20(24)19(14-7-3-1-4-8-14)23(22-18)16-9-5-2-6-10-16/h1-13,19,22H. The van der Waals surface area contributed by atoms with Gasteiger partial charge in [0.15, 0.2) is 5.78 Å². The van der Waals surface area contributed by atoms with Crippen molar-refractivity contribution >= 4 is 17.2 Å². The third-order valence-corrected chi connectivity index (χ3v) is 4.14. The van der Waals surface area contributed by atoms with Gasteiger partial charge in [-0.05, 0) is 35.9 Å². The molecule has 0 aliphatic carbocycles. The van der Waals surface area contributed by atoms with E-state index < -0.39 is 11.9 Å². The number of Topliss-reactive ketones (excluding diaryl/α,β-unsaturated/α-hetero) is 1. The zero-order valence-electron chi connectivity index (χ0n) is 12.8. The molecule has 0 saturated heterocycles. The molecule has 3 aromatic rings. The van der Waals surface area contributed by atoms with Gasteiger partial charge in [0.2, 0.25) is 0 Å². The Labute approximate surface area is 139 Å². The molecule has 1 aliphatic rings. The number of fused-ring (bicyclic) bond motifs is 1. The summed E-state index contributed by atoms with van der Waals surface area (Å²) in [5.41, 5.74) is 5.97. The molecular formula is C20H15FN2O. The predicted molar refractivity (Wildman–Crippen MR) is 92.5 cm³/mol. The van der Waals surface area contributed by atoms with E-state index in [1.807, 2.05) is 65.7 Å². The summed E-state index contributed by atoms with van der Waals surface area (Å²) in [6, 6.07) is 22.8. The third kappa shape index (κ3) is 2.42.